The van der Waals surface area contributed by atoms with Crippen LogP contribution in [0.25, 0.3) is 0 Å². The summed E-state index contributed by atoms with van der Waals surface area (Å²) in [4.78, 5) is 15.5. The first kappa shape index (κ1) is 13.1. The zero-order valence-corrected chi connectivity index (χ0v) is 11.0. The molecule has 2 aliphatic heterocycles. The predicted molar refractivity (Wildman–Crippen MR) is 67.6 cm³/mol. The van der Waals surface area contributed by atoms with E-state index in [0.29, 0.717) is 5.75 Å². The van der Waals surface area contributed by atoms with Crippen LogP contribution < -0.4 is 0 Å². The minimum Gasteiger partial charge on any atom is -0.480 e. The normalized spacial score (nSPS) is 32.5. The quantitative estimate of drug-likeness (QED) is 0.760. The van der Waals surface area contributed by atoms with Crippen molar-refractivity contribution in [1.82, 2.24) is 9.80 Å². The maximum atomic E-state index is 11.2. The molecule has 1 N–H and O–H groups in total. The van der Waals surface area contributed by atoms with E-state index in [-0.39, 0.29) is 12.1 Å². The van der Waals surface area contributed by atoms with Crippen LogP contribution in [0.5, 0.6) is 0 Å². The molecule has 0 radical (unpaired) electrons. The molecular weight excluding hydrogens is 240 g/mol. The van der Waals surface area contributed by atoms with E-state index in [0.717, 1.165) is 38.5 Å². The SMILES string of the molecule is CN1CCOC(CN2CCSCC2C(=O)O)C1. The number of thioether (sulfide) groups is 1. The molecule has 0 aliphatic carbocycles. The smallest absolute Gasteiger partial charge is 0.321 e. The van der Waals surface area contributed by atoms with Gasteiger partial charge in [0.05, 0.1) is 12.7 Å². The molecular formula is C11H20N2O3S. The Morgan fingerprint density at radius 2 is 2.35 bits per heavy atom. The van der Waals surface area contributed by atoms with Gasteiger partial charge < -0.3 is 14.7 Å². The van der Waals surface area contributed by atoms with Crippen LogP contribution in [0.2, 0.25) is 0 Å². The number of rotatable bonds is 3. The largest absolute Gasteiger partial charge is 0.480 e. The van der Waals surface area contributed by atoms with E-state index in [1.165, 1.54) is 0 Å². The van der Waals surface area contributed by atoms with Crippen LogP contribution in [0.3, 0.4) is 0 Å². The van der Waals surface area contributed by atoms with Crippen molar-refractivity contribution in [1.29, 1.82) is 0 Å². The molecule has 2 unspecified atom stereocenters. The highest BCUT2D eigenvalue weighted by Crippen LogP contribution is 2.18. The van der Waals surface area contributed by atoms with Gasteiger partial charge in [0.1, 0.15) is 6.04 Å². The van der Waals surface area contributed by atoms with Crippen molar-refractivity contribution < 1.29 is 14.6 Å². The van der Waals surface area contributed by atoms with E-state index in [2.05, 4.69) is 16.8 Å². The van der Waals surface area contributed by atoms with Crippen molar-refractivity contribution in [2.45, 2.75) is 12.1 Å². The average Bonchev–Trinajstić information content (AvgIpc) is 2.29. The summed E-state index contributed by atoms with van der Waals surface area (Å²) < 4.78 is 5.70. The first-order valence-electron chi connectivity index (χ1n) is 6.01. The molecule has 0 amide bonds. The number of carbonyl (C=O) groups is 1. The Labute approximate surface area is 106 Å². The number of hydrogen-bond donors (Lipinski definition) is 1. The van der Waals surface area contributed by atoms with Crippen molar-refractivity contribution in [2.24, 2.45) is 0 Å². The van der Waals surface area contributed by atoms with Crippen LogP contribution in [0.15, 0.2) is 0 Å². The lowest BCUT2D eigenvalue weighted by molar-refractivity contribution is -0.143. The number of hydrogen-bond acceptors (Lipinski definition) is 5. The monoisotopic (exact) mass is 260 g/mol. The summed E-state index contributed by atoms with van der Waals surface area (Å²) in [5.41, 5.74) is 0. The molecule has 17 heavy (non-hydrogen) atoms. The van der Waals surface area contributed by atoms with E-state index in [4.69, 9.17) is 4.74 Å². The Bertz CT molecular complexity index is 277. The van der Waals surface area contributed by atoms with Gasteiger partial charge in [-0.25, -0.2) is 0 Å². The lowest BCUT2D eigenvalue weighted by Crippen LogP contribution is -2.53. The van der Waals surface area contributed by atoms with Crippen LogP contribution in [-0.4, -0.2) is 84.4 Å². The minimum atomic E-state index is -0.707. The summed E-state index contributed by atoms with van der Waals surface area (Å²) in [6.45, 7) is 4.21. The number of aliphatic carboxylic acids is 1. The fraction of sp³-hybridized carbons (Fsp3) is 0.909. The zero-order valence-electron chi connectivity index (χ0n) is 10.2. The minimum absolute atomic E-state index is 0.152. The molecule has 5 nitrogen and oxygen atoms in total. The topological polar surface area (TPSA) is 53.0 Å². The molecule has 2 aliphatic rings. The summed E-state index contributed by atoms with van der Waals surface area (Å²) in [7, 11) is 2.08. The molecule has 2 heterocycles. The Hall–Kier alpha value is -0.300. The van der Waals surface area contributed by atoms with Crippen LogP contribution in [-0.2, 0) is 9.53 Å². The number of ether oxygens (including phenoxy) is 1. The Morgan fingerprint density at radius 3 is 3.06 bits per heavy atom. The van der Waals surface area contributed by atoms with Crippen LogP contribution in [0.1, 0.15) is 0 Å². The van der Waals surface area contributed by atoms with E-state index >= 15 is 0 Å². The Kier molecular flexibility index (Phi) is 4.67. The second kappa shape index (κ2) is 6.04. The molecule has 0 saturated carbocycles. The summed E-state index contributed by atoms with van der Waals surface area (Å²) in [6.07, 6.45) is 0.152. The molecule has 0 aromatic heterocycles. The van der Waals surface area contributed by atoms with Gasteiger partial charge >= 0.3 is 5.97 Å². The second-order valence-electron chi connectivity index (χ2n) is 4.68. The highest BCUT2D eigenvalue weighted by atomic mass is 32.2. The number of nitrogens with zero attached hydrogens (tertiary/aromatic N) is 2. The van der Waals surface area contributed by atoms with Gasteiger partial charge in [0.15, 0.2) is 0 Å². The Balaban J connectivity index is 1.89. The molecule has 6 heteroatoms. The molecule has 0 bridgehead atoms. The van der Waals surface area contributed by atoms with Crippen molar-refractivity contribution in [2.75, 3.05) is 51.3 Å². The molecule has 2 atom stereocenters. The van der Waals surface area contributed by atoms with E-state index < -0.39 is 5.97 Å². The van der Waals surface area contributed by atoms with Gasteiger partial charge in [-0.1, -0.05) is 0 Å². The molecule has 2 fully saturated rings. The highest BCUT2D eigenvalue weighted by Gasteiger charge is 2.31. The average molecular weight is 260 g/mol. The fourth-order valence-corrected chi connectivity index (χ4v) is 3.43. The summed E-state index contributed by atoms with van der Waals surface area (Å²) in [5, 5.41) is 9.18. The third-order valence-corrected chi connectivity index (χ3v) is 4.33. The first-order valence-corrected chi connectivity index (χ1v) is 7.17. The van der Waals surface area contributed by atoms with Crippen LogP contribution in [0.4, 0.5) is 0 Å². The summed E-state index contributed by atoms with van der Waals surface area (Å²) in [6, 6.07) is -0.343. The third kappa shape index (κ3) is 3.58. The van der Waals surface area contributed by atoms with Gasteiger partial charge in [-0.05, 0) is 7.05 Å². The van der Waals surface area contributed by atoms with E-state index in [1.54, 1.807) is 11.8 Å². The molecule has 0 spiro atoms. The fourth-order valence-electron chi connectivity index (χ4n) is 2.32. The molecule has 0 aromatic carbocycles. The number of carboxylic acid groups (broad SMARTS) is 1. The standard InChI is InChI=1S/C11H20N2O3S/c1-12-2-4-16-9(6-12)7-13-3-5-17-8-10(13)11(14)15/h9-10H,2-8H2,1H3,(H,14,15). The van der Waals surface area contributed by atoms with Crippen molar-refractivity contribution in [3.63, 3.8) is 0 Å². The molecule has 0 aromatic rings. The van der Waals surface area contributed by atoms with Gasteiger partial charge in [0, 0.05) is 37.7 Å². The maximum Gasteiger partial charge on any atom is 0.321 e. The van der Waals surface area contributed by atoms with Crippen LogP contribution >= 0.6 is 11.8 Å². The van der Waals surface area contributed by atoms with Gasteiger partial charge in [0.25, 0.3) is 0 Å². The van der Waals surface area contributed by atoms with Crippen molar-refractivity contribution in [3.8, 4) is 0 Å². The van der Waals surface area contributed by atoms with Crippen LogP contribution in [0, 0.1) is 0 Å². The lowest BCUT2D eigenvalue weighted by atomic mass is 10.2. The summed E-state index contributed by atoms with van der Waals surface area (Å²) >= 11 is 1.72. The molecule has 98 valence electrons. The first-order chi connectivity index (χ1) is 8.16. The summed E-state index contributed by atoms with van der Waals surface area (Å²) in [5.74, 6) is 1.01. The third-order valence-electron chi connectivity index (χ3n) is 3.30. The van der Waals surface area contributed by atoms with Crippen molar-refractivity contribution >= 4 is 17.7 Å². The van der Waals surface area contributed by atoms with E-state index in [1.807, 2.05) is 0 Å². The van der Waals surface area contributed by atoms with E-state index in [9.17, 15) is 9.90 Å². The number of carboxylic acids is 1. The molecule has 2 rings (SSSR count). The second-order valence-corrected chi connectivity index (χ2v) is 5.83. The highest BCUT2D eigenvalue weighted by molar-refractivity contribution is 7.99. The maximum absolute atomic E-state index is 11.2. The van der Waals surface area contributed by atoms with Crippen molar-refractivity contribution in [3.05, 3.63) is 0 Å². The lowest BCUT2D eigenvalue weighted by Gasteiger charge is -2.38. The van der Waals surface area contributed by atoms with Gasteiger partial charge in [-0.15, -0.1) is 0 Å². The van der Waals surface area contributed by atoms with Gasteiger partial charge in [-0.2, -0.15) is 11.8 Å². The van der Waals surface area contributed by atoms with Gasteiger partial charge in [0.2, 0.25) is 0 Å². The predicted octanol–water partition coefficient (Wildman–Crippen LogP) is -0.181. The number of likely N-dealkylation sites (N-methyl/N-ethyl adjacent to an activating group) is 1. The zero-order chi connectivity index (χ0) is 12.3. The number of morpholine rings is 1. The van der Waals surface area contributed by atoms with Gasteiger partial charge in [-0.3, -0.25) is 9.69 Å². The Morgan fingerprint density at radius 1 is 1.53 bits per heavy atom. The molecule has 2 saturated heterocycles.